The Labute approximate surface area is 120 Å². The maximum atomic E-state index is 12.5. The molecule has 1 aliphatic heterocycles. The van der Waals surface area contributed by atoms with E-state index in [-0.39, 0.29) is 11.9 Å². The number of hydrogen-bond acceptors (Lipinski definition) is 3. The second-order valence-electron chi connectivity index (χ2n) is 5.56. The number of nitrogens with zero attached hydrogens (tertiary/aromatic N) is 1. The summed E-state index contributed by atoms with van der Waals surface area (Å²) in [7, 11) is 0. The molecule has 4 nitrogen and oxygen atoms in total. The molecule has 1 aromatic carbocycles. The van der Waals surface area contributed by atoms with Gasteiger partial charge in [0, 0.05) is 24.7 Å². The van der Waals surface area contributed by atoms with Crippen molar-refractivity contribution in [2.45, 2.75) is 32.7 Å². The molecular weight excluding hydrogens is 252 g/mol. The Hall–Kier alpha value is -1.55. The number of carbonyl (C=O) groups is 1. The fourth-order valence-corrected chi connectivity index (χ4v) is 2.41. The van der Waals surface area contributed by atoms with Crippen LogP contribution in [0, 0.1) is 5.92 Å². The van der Waals surface area contributed by atoms with Crippen LogP contribution in [0.5, 0.6) is 5.75 Å². The molecule has 2 unspecified atom stereocenters. The number of benzene rings is 1. The third-order valence-corrected chi connectivity index (χ3v) is 3.86. The molecule has 1 amide bonds. The lowest BCUT2D eigenvalue weighted by Gasteiger charge is -2.35. The average Bonchev–Trinajstić information content (AvgIpc) is 2.47. The SMILES string of the molecule is CCCOc1cccc(C(=O)N2CCC(C)C(N)C2)c1. The van der Waals surface area contributed by atoms with Crippen LogP contribution in [0.15, 0.2) is 24.3 Å². The third-order valence-electron chi connectivity index (χ3n) is 3.86. The van der Waals surface area contributed by atoms with Crippen molar-refractivity contribution < 1.29 is 9.53 Å². The van der Waals surface area contributed by atoms with Crippen molar-refractivity contribution in [1.82, 2.24) is 4.90 Å². The zero-order valence-corrected chi connectivity index (χ0v) is 12.3. The molecule has 0 bridgehead atoms. The van der Waals surface area contributed by atoms with E-state index < -0.39 is 0 Å². The van der Waals surface area contributed by atoms with E-state index in [1.165, 1.54) is 0 Å². The first-order chi connectivity index (χ1) is 9.61. The van der Waals surface area contributed by atoms with E-state index >= 15 is 0 Å². The van der Waals surface area contributed by atoms with Gasteiger partial charge in [-0.05, 0) is 37.0 Å². The number of nitrogens with two attached hydrogens (primary N) is 1. The monoisotopic (exact) mass is 276 g/mol. The van der Waals surface area contributed by atoms with Crippen LogP contribution in [0.25, 0.3) is 0 Å². The van der Waals surface area contributed by atoms with Crippen molar-refractivity contribution in [2.24, 2.45) is 11.7 Å². The Morgan fingerprint density at radius 2 is 2.30 bits per heavy atom. The van der Waals surface area contributed by atoms with Crippen LogP contribution in [-0.2, 0) is 0 Å². The van der Waals surface area contributed by atoms with E-state index in [0.29, 0.717) is 24.6 Å². The molecule has 4 heteroatoms. The topological polar surface area (TPSA) is 55.6 Å². The zero-order chi connectivity index (χ0) is 14.5. The fourth-order valence-electron chi connectivity index (χ4n) is 2.41. The number of amides is 1. The van der Waals surface area contributed by atoms with Gasteiger partial charge in [-0.3, -0.25) is 4.79 Å². The van der Waals surface area contributed by atoms with Crippen LogP contribution in [0.3, 0.4) is 0 Å². The van der Waals surface area contributed by atoms with E-state index in [1.54, 1.807) is 0 Å². The highest BCUT2D eigenvalue weighted by molar-refractivity contribution is 5.94. The molecule has 1 fully saturated rings. The van der Waals surface area contributed by atoms with Gasteiger partial charge in [-0.1, -0.05) is 19.9 Å². The summed E-state index contributed by atoms with van der Waals surface area (Å²) in [5, 5.41) is 0. The summed E-state index contributed by atoms with van der Waals surface area (Å²) in [6.07, 6.45) is 1.93. The first-order valence-electron chi connectivity index (χ1n) is 7.39. The van der Waals surface area contributed by atoms with E-state index in [1.807, 2.05) is 29.2 Å². The molecular formula is C16H24N2O2. The number of likely N-dealkylation sites (tertiary alicyclic amines) is 1. The summed E-state index contributed by atoms with van der Waals surface area (Å²) in [6, 6.07) is 7.49. The molecule has 0 saturated carbocycles. The van der Waals surface area contributed by atoms with Crippen LogP contribution < -0.4 is 10.5 Å². The maximum Gasteiger partial charge on any atom is 0.254 e. The summed E-state index contributed by atoms with van der Waals surface area (Å²) >= 11 is 0. The predicted molar refractivity (Wildman–Crippen MR) is 79.9 cm³/mol. The standard InChI is InChI=1S/C16H24N2O2/c1-3-9-20-14-6-4-5-13(10-14)16(19)18-8-7-12(2)15(17)11-18/h4-6,10,12,15H,3,7-9,11,17H2,1-2H3. The summed E-state index contributed by atoms with van der Waals surface area (Å²) < 4.78 is 5.58. The predicted octanol–water partition coefficient (Wildman–Crippen LogP) is 2.28. The van der Waals surface area contributed by atoms with E-state index in [0.717, 1.165) is 25.1 Å². The van der Waals surface area contributed by atoms with Gasteiger partial charge in [-0.15, -0.1) is 0 Å². The Balaban J connectivity index is 2.05. The number of hydrogen-bond donors (Lipinski definition) is 1. The lowest BCUT2D eigenvalue weighted by molar-refractivity contribution is 0.0672. The minimum absolute atomic E-state index is 0.0503. The lowest BCUT2D eigenvalue weighted by atomic mass is 9.94. The molecule has 1 aromatic rings. The number of rotatable bonds is 4. The van der Waals surface area contributed by atoms with Gasteiger partial charge in [0.25, 0.3) is 5.91 Å². The average molecular weight is 276 g/mol. The lowest BCUT2D eigenvalue weighted by Crippen LogP contribution is -2.49. The van der Waals surface area contributed by atoms with Crippen LogP contribution in [0.1, 0.15) is 37.0 Å². The number of piperidine rings is 1. The first kappa shape index (κ1) is 14.9. The molecule has 1 aliphatic rings. The Bertz CT molecular complexity index is 462. The number of ether oxygens (including phenoxy) is 1. The van der Waals surface area contributed by atoms with Crippen LogP contribution in [0.4, 0.5) is 0 Å². The maximum absolute atomic E-state index is 12.5. The summed E-state index contributed by atoms with van der Waals surface area (Å²) in [5.74, 6) is 1.29. The Morgan fingerprint density at radius 3 is 3.00 bits per heavy atom. The summed E-state index contributed by atoms with van der Waals surface area (Å²) in [6.45, 7) is 6.30. The Kier molecular flexibility index (Phi) is 5.01. The fraction of sp³-hybridized carbons (Fsp3) is 0.562. The molecule has 1 saturated heterocycles. The van der Waals surface area contributed by atoms with Crippen molar-refractivity contribution >= 4 is 5.91 Å². The van der Waals surface area contributed by atoms with Crippen molar-refractivity contribution in [3.05, 3.63) is 29.8 Å². The molecule has 0 spiro atoms. The molecule has 0 aliphatic carbocycles. The molecule has 0 radical (unpaired) electrons. The minimum Gasteiger partial charge on any atom is -0.494 e. The molecule has 1 heterocycles. The van der Waals surface area contributed by atoms with Crippen molar-refractivity contribution in [2.75, 3.05) is 19.7 Å². The third kappa shape index (κ3) is 3.51. The van der Waals surface area contributed by atoms with Crippen molar-refractivity contribution in [1.29, 1.82) is 0 Å². The molecule has 2 rings (SSSR count). The normalized spacial score (nSPS) is 22.6. The van der Waals surface area contributed by atoms with E-state index in [4.69, 9.17) is 10.5 Å². The zero-order valence-electron chi connectivity index (χ0n) is 12.3. The molecule has 2 N–H and O–H groups in total. The van der Waals surface area contributed by atoms with Gasteiger partial charge in [-0.2, -0.15) is 0 Å². The van der Waals surface area contributed by atoms with Crippen molar-refractivity contribution in [3.63, 3.8) is 0 Å². The quantitative estimate of drug-likeness (QED) is 0.918. The summed E-state index contributed by atoms with van der Waals surface area (Å²) in [5.41, 5.74) is 6.74. The molecule has 2 atom stereocenters. The molecule has 20 heavy (non-hydrogen) atoms. The summed E-state index contributed by atoms with van der Waals surface area (Å²) in [4.78, 5) is 14.3. The van der Waals surface area contributed by atoms with E-state index in [9.17, 15) is 4.79 Å². The van der Waals surface area contributed by atoms with Gasteiger partial charge in [-0.25, -0.2) is 0 Å². The second-order valence-corrected chi connectivity index (χ2v) is 5.56. The molecule has 110 valence electrons. The Morgan fingerprint density at radius 1 is 1.50 bits per heavy atom. The minimum atomic E-state index is 0.0503. The van der Waals surface area contributed by atoms with Gasteiger partial charge >= 0.3 is 0 Å². The second kappa shape index (κ2) is 6.75. The van der Waals surface area contributed by atoms with Crippen molar-refractivity contribution in [3.8, 4) is 5.75 Å². The van der Waals surface area contributed by atoms with Gasteiger partial charge < -0.3 is 15.4 Å². The highest BCUT2D eigenvalue weighted by Gasteiger charge is 2.26. The first-order valence-corrected chi connectivity index (χ1v) is 7.39. The highest BCUT2D eigenvalue weighted by atomic mass is 16.5. The van der Waals surface area contributed by atoms with Gasteiger partial charge in [0.1, 0.15) is 5.75 Å². The van der Waals surface area contributed by atoms with Gasteiger partial charge in [0.2, 0.25) is 0 Å². The smallest absolute Gasteiger partial charge is 0.254 e. The van der Waals surface area contributed by atoms with Crippen LogP contribution >= 0.6 is 0 Å². The highest BCUT2D eigenvalue weighted by Crippen LogP contribution is 2.20. The van der Waals surface area contributed by atoms with Gasteiger partial charge in [0.15, 0.2) is 0 Å². The molecule has 0 aromatic heterocycles. The number of carbonyl (C=O) groups excluding carboxylic acids is 1. The van der Waals surface area contributed by atoms with Crippen LogP contribution in [0.2, 0.25) is 0 Å². The van der Waals surface area contributed by atoms with Crippen LogP contribution in [-0.4, -0.2) is 36.5 Å². The van der Waals surface area contributed by atoms with Gasteiger partial charge in [0.05, 0.1) is 6.61 Å². The van der Waals surface area contributed by atoms with E-state index in [2.05, 4.69) is 13.8 Å². The largest absolute Gasteiger partial charge is 0.494 e.